The van der Waals surface area contributed by atoms with Crippen molar-refractivity contribution in [3.8, 4) is 34.5 Å². The van der Waals surface area contributed by atoms with Crippen molar-refractivity contribution in [3.63, 3.8) is 0 Å². The molecule has 0 fully saturated rings. The Labute approximate surface area is 502 Å². The first-order valence-corrected chi connectivity index (χ1v) is 33.0. The maximum Gasteiger partial charge on any atom is 0.315 e. The first-order chi connectivity index (χ1) is 41.0. The highest BCUT2D eigenvalue weighted by molar-refractivity contribution is 7.94. The van der Waals surface area contributed by atoms with Gasteiger partial charge in [-0.25, -0.2) is 21.8 Å². The van der Waals surface area contributed by atoms with Crippen molar-refractivity contribution in [2.24, 2.45) is 4.99 Å². The monoisotopic (exact) mass is 1380 g/mol. The lowest BCUT2D eigenvalue weighted by atomic mass is 10.1. The third kappa shape index (κ3) is 13.1. The number of aromatic hydroxyl groups is 2. The molecule has 4 aromatic carbocycles. The van der Waals surface area contributed by atoms with Gasteiger partial charge in [0.25, 0.3) is 30.4 Å². The molecule has 9 rings (SSSR count). The molecule has 0 saturated carbocycles. The van der Waals surface area contributed by atoms with Crippen molar-refractivity contribution in [1.82, 2.24) is 34.9 Å². The van der Waals surface area contributed by atoms with Crippen LogP contribution >= 0.6 is 23.2 Å². The van der Waals surface area contributed by atoms with E-state index in [1.807, 2.05) is 0 Å². The van der Waals surface area contributed by atoms with Gasteiger partial charge in [-0.2, -0.15) is 72.4 Å². The van der Waals surface area contributed by atoms with Crippen molar-refractivity contribution in [2.45, 2.75) is 29.4 Å². The second-order valence-corrected chi connectivity index (χ2v) is 27.4. The van der Waals surface area contributed by atoms with E-state index in [0.29, 0.717) is 35.1 Å². The SMILES string of the molecule is C=CS(=O)(=O)c1cc(Nc2nc(F)nc(NCCN=c3ccc4nc5c(Cl)c6c(c(Cl)c5oc-4c3S(=O)(=O)O)Nc3ccc(NCCNc4nc(F)nc(Nc5cc(S(=O)(=O)C=C)cc(S(=O)(=O)O)c5O)n4)c(S(=O)(=O)O)c3O6)n2)c(O)c(S(=O)(=O)O)c1. The number of aromatic nitrogens is 7. The summed E-state index contributed by atoms with van der Waals surface area (Å²) in [7, 11) is -29.8. The molecule has 0 radical (unpaired) electrons. The van der Waals surface area contributed by atoms with Crippen LogP contribution in [-0.4, -0.2) is 140 Å². The minimum atomic E-state index is -5.28. The molecule has 4 heterocycles. The molecule has 6 aromatic rings. The minimum absolute atomic E-state index is 0.168. The number of nitrogens with one attached hydrogen (secondary N) is 6. The lowest BCUT2D eigenvalue weighted by Gasteiger charge is -2.27. The van der Waals surface area contributed by atoms with E-state index in [4.69, 9.17) is 32.4 Å². The van der Waals surface area contributed by atoms with Gasteiger partial charge in [-0.05, 0) is 48.5 Å². The van der Waals surface area contributed by atoms with Crippen LogP contribution in [0.3, 0.4) is 0 Å². The number of phenols is 2. The third-order valence-corrected chi connectivity index (χ3v) is 18.7. The van der Waals surface area contributed by atoms with Crippen LogP contribution in [0.5, 0.6) is 23.0 Å². The third-order valence-electron chi connectivity index (χ3n) is 11.7. The smallest absolute Gasteiger partial charge is 0.315 e. The summed E-state index contributed by atoms with van der Waals surface area (Å²) < 4.78 is 231. The Balaban J connectivity index is 0.942. The van der Waals surface area contributed by atoms with E-state index >= 15 is 0 Å². The number of halogens is 4. The van der Waals surface area contributed by atoms with Gasteiger partial charge in [0.2, 0.25) is 23.8 Å². The molecule has 12 N–H and O–H groups in total. The summed E-state index contributed by atoms with van der Waals surface area (Å²) in [5, 5.41) is 35.9. The summed E-state index contributed by atoms with van der Waals surface area (Å²) in [5.74, 6) is -6.55. The van der Waals surface area contributed by atoms with Crippen molar-refractivity contribution < 1.29 is 96.9 Å². The molecule has 2 aliphatic heterocycles. The zero-order chi connectivity index (χ0) is 64.4. The molecule has 464 valence electrons. The molecule has 0 spiro atoms. The van der Waals surface area contributed by atoms with E-state index in [2.05, 4.69) is 84.9 Å². The normalized spacial score (nSPS) is 13.0. The van der Waals surface area contributed by atoms with Gasteiger partial charge in [0.1, 0.15) is 36.7 Å². The number of hydrogen-bond donors (Lipinski definition) is 12. The number of hydrogen-bond acceptors (Lipinski definition) is 30. The average Bonchev–Trinajstić information content (AvgIpc) is 0.769. The topological polar surface area (TPSA) is 523 Å². The maximum atomic E-state index is 14.7. The lowest BCUT2D eigenvalue weighted by molar-refractivity contribution is 0.442. The van der Waals surface area contributed by atoms with Crippen LogP contribution in [0.2, 0.25) is 10.0 Å². The molecular weight excluding hydrogens is 1350 g/mol. The molecule has 34 nitrogen and oxygen atoms in total. The Morgan fingerprint density at radius 3 is 1.58 bits per heavy atom. The van der Waals surface area contributed by atoms with Gasteiger partial charge in [-0.3, -0.25) is 23.2 Å². The van der Waals surface area contributed by atoms with Crippen LogP contribution in [0, 0.1) is 12.2 Å². The highest BCUT2D eigenvalue weighted by atomic mass is 35.5. The number of nitrogens with zero attached hydrogens (tertiary/aromatic N) is 8. The summed E-state index contributed by atoms with van der Waals surface area (Å²) in [4.78, 5) is 24.1. The van der Waals surface area contributed by atoms with Crippen molar-refractivity contribution in [3.05, 3.63) is 100 Å². The quantitative estimate of drug-likeness (QED) is 0.0195. The van der Waals surface area contributed by atoms with Gasteiger partial charge in [0, 0.05) is 30.5 Å². The van der Waals surface area contributed by atoms with E-state index in [1.54, 1.807) is 0 Å². The second-order valence-electron chi connectivity index (χ2n) is 17.4. The summed E-state index contributed by atoms with van der Waals surface area (Å²) >= 11 is 13.6. The predicted octanol–water partition coefficient (Wildman–Crippen LogP) is 4.99. The fraction of sp³-hybridized carbons (Fsp3) is 0.0909. The number of fused-ring (bicyclic) bond motifs is 4. The average molecular weight is 1380 g/mol. The molecule has 0 unspecified atom stereocenters. The highest BCUT2D eigenvalue weighted by Crippen LogP contribution is 2.55. The maximum absolute atomic E-state index is 14.7. The van der Waals surface area contributed by atoms with Crippen LogP contribution in [0.15, 0.2) is 111 Å². The number of rotatable bonds is 21. The lowest BCUT2D eigenvalue weighted by Crippen LogP contribution is -2.20. The van der Waals surface area contributed by atoms with Crippen LogP contribution in [-0.2, 0) is 60.1 Å². The summed E-state index contributed by atoms with van der Waals surface area (Å²) in [6, 6.07) is 6.98. The number of anilines is 9. The molecular formula is C44H34Cl2F2N14O20S6. The number of phenolic OH excluding ortho intramolecular Hbond substituents is 2. The predicted molar refractivity (Wildman–Crippen MR) is 303 cm³/mol. The summed E-state index contributed by atoms with van der Waals surface area (Å²) in [6.45, 7) is 4.96. The molecule has 3 aliphatic rings. The molecule has 88 heavy (non-hydrogen) atoms. The van der Waals surface area contributed by atoms with E-state index in [-0.39, 0.29) is 47.9 Å². The van der Waals surface area contributed by atoms with Gasteiger partial charge in [-0.15, -0.1) is 0 Å². The molecule has 44 heteroatoms. The first-order valence-electron chi connectivity index (χ1n) is 23.4. The van der Waals surface area contributed by atoms with E-state index in [0.717, 1.165) is 12.1 Å². The van der Waals surface area contributed by atoms with Crippen molar-refractivity contribution in [1.29, 1.82) is 0 Å². The molecule has 0 atom stereocenters. The van der Waals surface area contributed by atoms with Crippen LogP contribution in [0.25, 0.3) is 22.6 Å². The Bertz CT molecular complexity index is 5100. The standard InChI is InChI=1S/C44H34Cl2F2N14O20S6/c1-3-83(65,66)17-13-23(31(63)25(15-17)85(69,70)71)55-43-59-39(47)57-41(61-43)51-11-9-49-21-7-5-19-33(37(21)87(75,76)77)81-35-27(45)30-36(28(46)29(35)53-19)82-34-20(54-30)6-8-22(38(34)88(78,79)80)50-10-12-52-42-58-40(48)60-44(62-42)56-24-14-18(84(67,68)4-2)16-26(32(24)64)86(72,73)74/h3-8,13-16,49,53,63-64H,1-2,9-12H2,(H,69,70,71)(H,72,73,74)(H,75,76,77)(H,78,79,80)(H2,51,55,57,59,61)(H2,52,56,58,60,62). The minimum Gasteiger partial charge on any atom is -0.504 e. The Morgan fingerprint density at radius 1 is 0.580 bits per heavy atom. The molecule has 0 saturated heterocycles. The van der Waals surface area contributed by atoms with E-state index < -0.39 is 193 Å². The first kappa shape index (κ1) is 63.7. The van der Waals surface area contributed by atoms with Gasteiger partial charge >= 0.3 is 22.3 Å². The fourth-order valence-corrected chi connectivity index (χ4v) is 13.0. The zero-order valence-electron chi connectivity index (χ0n) is 43.0. The molecule has 0 amide bonds. The number of benzene rings is 5. The van der Waals surface area contributed by atoms with Crippen LogP contribution in [0.1, 0.15) is 0 Å². The van der Waals surface area contributed by atoms with Gasteiger partial charge in [-0.1, -0.05) is 36.4 Å². The molecule has 0 bridgehead atoms. The molecule has 2 aromatic heterocycles. The van der Waals surface area contributed by atoms with Crippen LogP contribution < -0.4 is 42.0 Å². The van der Waals surface area contributed by atoms with E-state index in [9.17, 15) is 87.7 Å². The largest absolute Gasteiger partial charge is 0.504 e. The summed E-state index contributed by atoms with van der Waals surface area (Å²) in [6.07, 6.45) is -2.93. The van der Waals surface area contributed by atoms with Gasteiger partial charge < -0.3 is 51.3 Å². The number of ether oxygens (including phenoxy) is 1. The highest BCUT2D eigenvalue weighted by Gasteiger charge is 2.35. The number of sulfone groups is 2. The van der Waals surface area contributed by atoms with Gasteiger partial charge in [0.05, 0.1) is 44.4 Å². The van der Waals surface area contributed by atoms with Crippen molar-refractivity contribution in [2.75, 3.05) is 58.1 Å². The van der Waals surface area contributed by atoms with Crippen LogP contribution in [0.4, 0.5) is 61.0 Å². The summed E-state index contributed by atoms with van der Waals surface area (Å²) in [5.41, 5.74) is -3.20. The Morgan fingerprint density at radius 2 is 1.08 bits per heavy atom. The van der Waals surface area contributed by atoms with Gasteiger partial charge in [0.15, 0.2) is 63.8 Å². The van der Waals surface area contributed by atoms with Crippen molar-refractivity contribution >= 4 is 147 Å². The fourth-order valence-electron chi connectivity index (χ4n) is 7.95. The Hall–Kier alpha value is -8.82. The second kappa shape index (κ2) is 23.4. The Kier molecular flexibility index (Phi) is 16.9. The zero-order valence-corrected chi connectivity index (χ0v) is 49.4. The molecule has 1 aliphatic carbocycles. The van der Waals surface area contributed by atoms with E-state index in [1.165, 1.54) is 12.1 Å².